The number of hydrogen-bond acceptors (Lipinski definition) is 4. The first kappa shape index (κ1) is 21.4. The molecule has 1 atom stereocenters. The van der Waals surface area contributed by atoms with Crippen molar-refractivity contribution in [2.45, 2.75) is 90.6 Å². The van der Waals surface area contributed by atoms with Crippen molar-refractivity contribution in [1.82, 2.24) is 5.32 Å². The van der Waals surface area contributed by atoms with Gasteiger partial charge in [-0.25, -0.2) is 0 Å². The van der Waals surface area contributed by atoms with Crippen LogP contribution in [-0.2, 0) is 19.1 Å². The van der Waals surface area contributed by atoms with E-state index in [2.05, 4.69) is 19.2 Å². The van der Waals surface area contributed by atoms with E-state index in [0.29, 0.717) is 32.8 Å². The monoisotopic (exact) mass is 371 g/mol. The minimum Gasteiger partial charge on any atom is -0.379 e. The summed E-state index contributed by atoms with van der Waals surface area (Å²) < 4.78 is 18.9. The van der Waals surface area contributed by atoms with Gasteiger partial charge >= 0.3 is 0 Å². The number of unbranched alkanes of at least 4 members (excludes halogenated alkanes) is 2. The van der Waals surface area contributed by atoms with Gasteiger partial charge in [-0.05, 0) is 31.1 Å². The molecule has 5 nitrogen and oxygen atoms in total. The van der Waals surface area contributed by atoms with Crippen LogP contribution in [0.25, 0.3) is 0 Å². The van der Waals surface area contributed by atoms with E-state index in [-0.39, 0.29) is 23.8 Å². The molecule has 1 rings (SSSR count). The summed E-state index contributed by atoms with van der Waals surface area (Å²) in [6.45, 7) is 6.55. The van der Waals surface area contributed by atoms with Gasteiger partial charge in [-0.2, -0.15) is 0 Å². The lowest BCUT2D eigenvalue weighted by molar-refractivity contribution is -0.125. The molecule has 0 aliphatic heterocycles. The predicted molar refractivity (Wildman–Crippen MR) is 104 cm³/mol. The van der Waals surface area contributed by atoms with E-state index in [0.717, 1.165) is 57.8 Å². The third kappa shape index (κ3) is 9.67. The normalized spacial score (nSPS) is 18.2. The Bertz CT molecular complexity index is 424. The Kier molecular flexibility index (Phi) is 11.6. The van der Waals surface area contributed by atoms with Crippen LogP contribution < -0.4 is 5.32 Å². The van der Waals surface area contributed by atoms with Gasteiger partial charge in [0.1, 0.15) is 7.63 Å². The fourth-order valence-corrected chi connectivity index (χ4v) is 3.52. The zero-order chi connectivity index (χ0) is 20.0. The van der Waals surface area contributed by atoms with E-state index in [1.165, 1.54) is 0 Å². The van der Waals surface area contributed by atoms with Gasteiger partial charge in [0.2, 0.25) is 5.91 Å². The third-order valence-corrected chi connectivity index (χ3v) is 5.22. The largest absolute Gasteiger partial charge is 0.379 e. The highest BCUT2D eigenvalue weighted by molar-refractivity contribution is 5.77. The Morgan fingerprint density at radius 1 is 1.19 bits per heavy atom. The number of rotatable bonds is 15. The number of amides is 1. The van der Waals surface area contributed by atoms with E-state index in [4.69, 9.17) is 10.8 Å². The number of nitrogens with one attached hydrogen (secondary N) is 1. The van der Waals surface area contributed by atoms with E-state index in [9.17, 15) is 9.59 Å². The summed E-state index contributed by atoms with van der Waals surface area (Å²) in [6.07, 6.45) is 8.95. The Hall–Kier alpha value is -0.940. The van der Waals surface area contributed by atoms with E-state index < -0.39 is 6.26 Å². The van der Waals surface area contributed by atoms with Gasteiger partial charge in [0.15, 0.2) is 0 Å². The van der Waals surface area contributed by atoms with Gasteiger partial charge in [0.25, 0.3) is 0 Å². The summed E-state index contributed by atoms with van der Waals surface area (Å²) in [6, 6.07) is 0. The lowest BCUT2D eigenvalue weighted by Gasteiger charge is -2.35. The molecule has 1 unspecified atom stereocenters. The Morgan fingerprint density at radius 2 is 1.88 bits per heavy atom. The maximum Gasteiger partial charge on any atom is 0.220 e. The maximum atomic E-state index is 12.5. The van der Waals surface area contributed by atoms with Crippen LogP contribution in [-0.4, -0.2) is 44.6 Å². The number of carbonyl (C=O) groups is 2. The van der Waals surface area contributed by atoms with E-state index in [1.807, 2.05) is 0 Å². The summed E-state index contributed by atoms with van der Waals surface area (Å²) in [7, 11) is 0. The first-order chi connectivity index (χ1) is 13.0. The number of aldehydes is 1. The van der Waals surface area contributed by atoms with Crippen molar-refractivity contribution < 1.29 is 20.4 Å². The standard InChI is InChI=1S/C21H39NO4/c1-3-5-14-25-18-19(26-15-6-4-2)17-22-20(24)16-21(12-13-23)10-8-7-9-11-21/h13,19H,3-12,14-18H2,1-2H3,(H,22,24)/i13T. The van der Waals surface area contributed by atoms with Crippen LogP contribution in [0.1, 0.15) is 85.8 Å². The molecule has 0 radical (unpaired) electrons. The quantitative estimate of drug-likeness (QED) is 0.349. The molecule has 1 saturated carbocycles. The molecule has 0 bridgehead atoms. The fraction of sp³-hybridized carbons (Fsp3) is 0.905. The minimum atomic E-state index is -0.560. The SMILES string of the molecule is [3H]C(=O)CC1(CC(=O)NCC(COCCCC)OCCCC)CCCCC1. The minimum absolute atomic E-state index is 0.0456. The topological polar surface area (TPSA) is 64.6 Å². The van der Waals surface area contributed by atoms with Gasteiger partial charge in [-0.15, -0.1) is 0 Å². The highest BCUT2D eigenvalue weighted by atomic mass is 16.5. The van der Waals surface area contributed by atoms with Crippen molar-refractivity contribution in [2.24, 2.45) is 5.41 Å². The lowest BCUT2D eigenvalue weighted by Crippen LogP contribution is -2.39. The van der Waals surface area contributed by atoms with Crippen LogP contribution in [0.5, 0.6) is 0 Å². The smallest absolute Gasteiger partial charge is 0.220 e. The molecule has 1 aliphatic carbocycles. The van der Waals surface area contributed by atoms with E-state index in [1.54, 1.807) is 0 Å². The predicted octanol–water partition coefficient (Wildman–Crippen LogP) is 4.03. The molecule has 1 fully saturated rings. The zero-order valence-corrected chi connectivity index (χ0v) is 16.8. The summed E-state index contributed by atoms with van der Waals surface area (Å²) >= 11 is 0. The molecule has 0 saturated heterocycles. The molecule has 26 heavy (non-hydrogen) atoms. The van der Waals surface area contributed by atoms with Crippen molar-refractivity contribution >= 4 is 12.2 Å². The second kappa shape index (κ2) is 14.2. The van der Waals surface area contributed by atoms with Crippen LogP contribution in [0.2, 0.25) is 0 Å². The summed E-state index contributed by atoms with van der Waals surface area (Å²) in [5, 5.41) is 2.98. The molecule has 0 aromatic carbocycles. The molecule has 0 aromatic rings. The average molecular weight is 372 g/mol. The third-order valence-electron chi connectivity index (χ3n) is 5.22. The Morgan fingerprint density at radius 3 is 2.54 bits per heavy atom. The van der Waals surface area contributed by atoms with Gasteiger partial charge in [-0.3, -0.25) is 4.79 Å². The molecule has 0 heterocycles. The van der Waals surface area contributed by atoms with Gasteiger partial charge < -0.3 is 19.6 Å². The van der Waals surface area contributed by atoms with E-state index >= 15 is 0 Å². The first-order valence-corrected chi connectivity index (χ1v) is 10.5. The van der Waals surface area contributed by atoms with Crippen molar-refractivity contribution in [3.8, 4) is 0 Å². The summed E-state index contributed by atoms with van der Waals surface area (Å²) in [5.41, 5.74) is -0.322. The molecule has 1 N–H and O–H groups in total. The Balaban J connectivity index is 2.47. The van der Waals surface area contributed by atoms with Crippen LogP contribution in [0.3, 0.4) is 0 Å². The summed E-state index contributed by atoms with van der Waals surface area (Å²) in [4.78, 5) is 23.9. The van der Waals surface area contributed by atoms with Crippen LogP contribution in [0, 0.1) is 5.41 Å². The Labute approximate surface area is 161 Å². The molecular weight excluding hydrogens is 330 g/mol. The van der Waals surface area contributed by atoms with Crippen molar-refractivity contribution in [3.05, 3.63) is 0 Å². The molecule has 0 spiro atoms. The molecular formula is C21H39NO4. The number of ether oxygens (including phenoxy) is 2. The van der Waals surface area contributed by atoms with Gasteiger partial charge in [-0.1, -0.05) is 46.0 Å². The van der Waals surface area contributed by atoms with Crippen LogP contribution >= 0.6 is 0 Å². The van der Waals surface area contributed by atoms with Crippen LogP contribution in [0.4, 0.5) is 0 Å². The summed E-state index contributed by atoms with van der Waals surface area (Å²) in [5.74, 6) is -0.0456. The second-order valence-corrected chi connectivity index (χ2v) is 7.64. The second-order valence-electron chi connectivity index (χ2n) is 7.64. The van der Waals surface area contributed by atoms with Gasteiger partial charge in [0, 0.05) is 32.6 Å². The maximum absolute atomic E-state index is 12.5. The lowest BCUT2D eigenvalue weighted by atomic mass is 9.70. The average Bonchev–Trinajstić information content (AvgIpc) is 2.62. The van der Waals surface area contributed by atoms with Gasteiger partial charge in [0.05, 0.1) is 12.7 Å². The van der Waals surface area contributed by atoms with Crippen molar-refractivity contribution in [1.29, 1.82) is 0 Å². The highest BCUT2D eigenvalue weighted by Gasteiger charge is 2.34. The molecule has 152 valence electrons. The molecule has 5 heteroatoms. The number of carbonyl (C=O) groups excluding carboxylic acids is 2. The fourth-order valence-electron chi connectivity index (χ4n) is 3.52. The van der Waals surface area contributed by atoms with Crippen LogP contribution in [0.15, 0.2) is 0 Å². The first-order valence-electron chi connectivity index (χ1n) is 11.0. The molecule has 0 aromatic heterocycles. The number of hydrogen-bond donors (Lipinski definition) is 1. The zero-order valence-electron chi connectivity index (χ0n) is 17.8. The molecule has 1 amide bonds. The molecule has 1 aliphatic rings. The highest BCUT2D eigenvalue weighted by Crippen LogP contribution is 2.41. The van der Waals surface area contributed by atoms with Crippen molar-refractivity contribution in [3.63, 3.8) is 0 Å². The van der Waals surface area contributed by atoms with Crippen molar-refractivity contribution in [2.75, 3.05) is 26.4 Å².